The van der Waals surface area contributed by atoms with Gasteiger partial charge in [0.05, 0.1) is 11.1 Å². The number of carbonyl (C=O) groups excluding carboxylic acids is 2. The quantitative estimate of drug-likeness (QED) is 0.640. The second-order valence-electron chi connectivity index (χ2n) is 7.41. The zero-order chi connectivity index (χ0) is 20.4. The average Bonchev–Trinajstić information content (AvgIpc) is 3.55. The van der Waals surface area contributed by atoms with Crippen LogP contribution in [0.3, 0.4) is 0 Å². The van der Waals surface area contributed by atoms with Crippen molar-refractivity contribution in [3.63, 3.8) is 0 Å². The summed E-state index contributed by atoms with van der Waals surface area (Å²) in [6.45, 7) is 3.89. The summed E-state index contributed by atoms with van der Waals surface area (Å²) in [6.07, 6.45) is 1.66. The molecule has 29 heavy (non-hydrogen) atoms. The Bertz CT molecular complexity index is 1060. The van der Waals surface area contributed by atoms with Gasteiger partial charge in [-0.15, -0.1) is 0 Å². The highest BCUT2D eigenvalue weighted by atomic mass is 16.5. The Hall–Kier alpha value is -3.21. The first kappa shape index (κ1) is 19.1. The summed E-state index contributed by atoms with van der Waals surface area (Å²) < 4.78 is 5.82. The first-order valence-electron chi connectivity index (χ1n) is 10.0. The van der Waals surface area contributed by atoms with E-state index < -0.39 is 12.1 Å². The Morgan fingerprint density at radius 3 is 2.48 bits per heavy atom. The molecule has 1 N–H and O–H groups in total. The number of pyridine rings is 1. The molecule has 148 valence electrons. The zero-order valence-corrected chi connectivity index (χ0v) is 16.6. The number of aryl methyl sites for hydroxylation is 1. The molecule has 4 rings (SSSR count). The predicted molar refractivity (Wildman–Crippen MR) is 112 cm³/mol. The summed E-state index contributed by atoms with van der Waals surface area (Å²) in [5.41, 5.74) is 3.54. The summed E-state index contributed by atoms with van der Waals surface area (Å²) in [5, 5.41) is 3.69. The maximum Gasteiger partial charge on any atom is 0.340 e. The first-order chi connectivity index (χ1) is 14.1. The van der Waals surface area contributed by atoms with E-state index in [1.54, 1.807) is 12.1 Å². The van der Waals surface area contributed by atoms with Crippen molar-refractivity contribution in [3.8, 4) is 0 Å². The molecule has 1 fully saturated rings. The van der Waals surface area contributed by atoms with E-state index in [9.17, 15) is 9.59 Å². The summed E-state index contributed by atoms with van der Waals surface area (Å²) in [5.74, 6) is -0.783. The number of benzene rings is 2. The van der Waals surface area contributed by atoms with E-state index in [2.05, 4.69) is 10.3 Å². The van der Waals surface area contributed by atoms with Crippen molar-refractivity contribution in [3.05, 3.63) is 77.0 Å². The third kappa shape index (κ3) is 3.99. The first-order valence-corrected chi connectivity index (χ1v) is 10.0. The van der Waals surface area contributed by atoms with Gasteiger partial charge in [-0.25, -0.2) is 4.79 Å². The molecule has 1 amide bonds. The Labute approximate surface area is 170 Å². The van der Waals surface area contributed by atoms with Gasteiger partial charge in [0.25, 0.3) is 5.91 Å². The maximum atomic E-state index is 13.3. The van der Waals surface area contributed by atoms with Crippen molar-refractivity contribution in [2.75, 3.05) is 0 Å². The highest BCUT2D eigenvalue weighted by Crippen LogP contribution is 2.28. The SMILES string of the molecule is CCc1nc2ccccc2c(C(=O)O[C@H](C(=O)NC2CC2)c2ccccc2)c1C. The standard InChI is InChI=1S/C24H24N2O3/c1-3-19-15(2)21(18-11-7-8-12-20(18)26-19)24(28)29-22(16-9-5-4-6-10-16)23(27)25-17-13-14-17/h4-12,17,22H,3,13-14H2,1-2H3,(H,25,27)/t22-/m0/s1. The second kappa shape index (κ2) is 8.03. The van der Waals surface area contributed by atoms with E-state index in [-0.39, 0.29) is 11.9 Å². The minimum absolute atomic E-state index is 0.183. The molecule has 1 saturated carbocycles. The van der Waals surface area contributed by atoms with Gasteiger partial charge in [0, 0.05) is 22.7 Å². The third-order valence-corrected chi connectivity index (χ3v) is 5.26. The Kier molecular flexibility index (Phi) is 5.30. The van der Waals surface area contributed by atoms with Crippen LogP contribution in [-0.4, -0.2) is 22.9 Å². The molecule has 0 spiro atoms. The largest absolute Gasteiger partial charge is 0.444 e. The molecule has 5 nitrogen and oxygen atoms in total. The third-order valence-electron chi connectivity index (χ3n) is 5.26. The lowest BCUT2D eigenvalue weighted by atomic mass is 10.00. The smallest absolute Gasteiger partial charge is 0.340 e. The van der Waals surface area contributed by atoms with Gasteiger partial charge >= 0.3 is 5.97 Å². The normalized spacial score (nSPS) is 14.4. The van der Waals surface area contributed by atoms with Gasteiger partial charge in [0.2, 0.25) is 6.10 Å². The van der Waals surface area contributed by atoms with Crippen molar-refractivity contribution >= 4 is 22.8 Å². The molecule has 1 heterocycles. The summed E-state index contributed by atoms with van der Waals surface area (Å²) in [7, 11) is 0. The van der Waals surface area contributed by atoms with Crippen molar-refractivity contribution < 1.29 is 14.3 Å². The predicted octanol–water partition coefficient (Wildman–Crippen LogP) is 4.28. The van der Waals surface area contributed by atoms with E-state index in [0.717, 1.165) is 35.0 Å². The van der Waals surface area contributed by atoms with Crippen molar-refractivity contribution in [2.24, 2.45) is 0 Å². The van der Waals surface area contributed by atoms with E-state index >= 15 is 0 Å². The van der Waals surface area contributed by atoms with Crippen LogP contribution in [0.1, 0.15) is 53.0 Å². The number of fused-ring (bicyclic) bond motifs is 1. The minimum atomic E-state index is -0.985. The van der Waals surface area contributed by atoms with Gasteiger partial charge in [-0.3, -0.25) is 9.78 Å². The number of nitrogens with zero attached hydrogens (tertiary/aromatic N) is 1. The lowest BCUT2D eigenvalue weighted by Gasteiger charge is -2.20. The molecular weight excluding hydrogens is 364 g/mol. The number of hydrogen-bond donors (Lipinski definition) is 1. The number of hydrogen-bond acceptors (Lipinski definition) is 4. The van der Waals surface area contributed by atoms with Gasteiger partial charge < -0.3 is 10.1 Å². The number of nitrogens with one attached hydrogen (secondary N) is 1. The van der Waals surface area contributed by atoms with Crippen LogP contribution in [0.4, 0.5) is 0 Å². The number of esters is 1. The fourth-order valence-corrected chi connectivity index (χ4v) is 3.54. The lowest BCUT2D eigenvalue weighted by Crippen LogP contribution is -2.33. The van der Waals surface area contributed by atoms with Gasteiger partial charge in [-0.1, -0.05) is 55.5 Å². The van der Waals surface area contributed by atoms with Crippen LogP contribution in [0.2, 0.25) is 0 Å². The molecule has 5 heteroatoms. The molecule has 1 aromatic heterocycles. The molecule has 1 aliphatic carbocycles. The van der Waals surface area contributed by atoms with Crippen LogP contribution in [0.15, 0.2) is 54.6 Å². The fourth-order valence-electron chi connectivity index (χ4n) is 3.54. The van der Waals surface area contributed by atoms with Crippen LogP contribution < -0.4 is 5.32 Å². The van der Waals surface area contributed by atoms with E-state index in [0.29, 0.717) is 17.5 Å². The Morgan fingerprint density at radius 2 is 1.79 bits per heavy atom. The number of ether oxygens (including phenoxy) is 1. The monoisotopic (exact) mass is 388 g/mol. The van der Waals surface area contributed by atoms with Gasteiger partial charge in [0.1, 0.15) is 0 Å². The summed E-state index contributed by atoms with van der Waals surface area (Å²) in [4.78, 5) is 30.8. The molecule has 0 saturated heterocycles. The van der Waals surface area contributed by atoms with E-state index in [1.165, 1.54) is 0 Å². The van der Waals surface area contributed by atoms with Crippen LogP contribution in [0.5, 0.6) is 0 Å². The maximum absolute atomic E-state index is 13.3. The van der Waals surface area contributed by atoms with E-state index in [4.69, 9.17) is 4.74 Å². The molecule has 1 atom stereocenters. The highest BCUT2D eigenvalue weighted by molar-refractivity contribution is 6.05. The Morgan fingerprint density at radius 1 is 1.10 bits per heavy atom. The number of rotatable bonds is 6. The summed E-state index contributed by atoms with van der Waals surface area (Å²) >= 11 is 0. The van der Waals surface area contributed by atoms with Crippen LogP contribution in [0, 0.1) is 6.92 Å². The molecular formula is C24H24N2O3. The topological polar surface area (TPSA) is 68.3 Å². The number of carbonyl (C=O) groups is 2. The average molecular weight is 388 g/mol. The number of para-hydroxylation sites is 1. The molecule has 0 bridgehead atoms. The van der Waals surface area contributed by atoms with Crippen molar-refractivity contribution in [1.82, 2.24) is 10.3 Å². The summed E-state index contributed by atoms with van der Waals surface area (Å²) in [6, 6.07) is 16.9. The molecule has 1 aliphatic rings. The minimum Gasteiger partial charge on any atom is -0.444 e. The van der Waals surface area contributed by atoms with Crippen LogP contribution >= 0.6 is 0 Å². The van der Waals surface area contributed by atoms with Gasteiger partial charge in [-0.2, -0.15) is 0 Å². The number of aromatic nitrogens is 1. The van der Waals surface area contributed by atoms with Gasteiger partial charge in [0.15, 0.2) is 0 Å². The van der Waals surface area contributed by atoms with Crippen molar-refractivity contribution in [1.29, 1.82) is 0 Å². The lowest BCUT2D eigenvalue weighted by molar-refractivity contribution is -0.130. The van der Waals surface area contributed by atoms with Gasteiger partial charge in [-0.05, 0) is 37.8 Å². The molecule has 0 unspecified atom stereocenters. The number of amides is 1. The molecule has 0 aliphatic heterocycles. The highest BCUT2D eigenvalue weighted by Gasteiger charge is 2.32. The van der Waals surface area contributed by atoms with Crippen LogP contribution in [-0.2, 0) is 16.0 Å². The van der Waals surface area contributed by atoms with Crippen molar-refractivity contribution in [2.45, 2.75) is 45.3 Å². The zero-order valence-electron chi connectivity index (χ0n) is 16.6. The molecule has 0 radical (unpaired) electrons. The Balaban J connectivity index is 1.72. The second-order valence-corrected chi connectivity index (χ2v) is 7.41. The van der Waals surface area contributed by atoms with Crippen LogP contribution in [0.25, 0.3) is 10.9 Å². The molecule has 2 aromatic carbocycles. The fraction of sp³-hybridized carbons (Fsp3) is 0.292. The van der Waals surface area contributed by atoms with E-state index in [1.807, 2.05) is 56.3 Å². The molecule has 3 aromatic rings.